The van der Waals surface area contributed by atoms with Crippen molar-refractivity contribution in [2.45, 2.75) is 46.1 Å². The zero-order valence-corrected chi connectivity index (χ0v) is 18.4. The SMILES string of the molecule is COC(=O)CCNC(=O)[C@@H]1OP(=O)(OCOC(=O)CCCOC(C)=O)OCC1(C)C. The van der Waals surface area contributed by atoms with Crippen molar-refractivity contribution in [2.75, 3.05) is 33.7 Å². The number of rotatable bonds is 11. The monoisotopic (exact) mass is 453 g/mol. The van der Waals surface area contributed by atoms with Crippen molar-refractivity contribution in [3.05, 3.63) is 0 Å². The lowest BCUT2D eigenvalue weighted by atomic mass is 9.87. The molecular formula is C17H28NO11P. The summed E-state index contributed by atoms with van der Waals surface area (Å²) < 4.78 is 41.9. The Morgan fingerprint density at radius 1 is 1.13 bits per heavy atom. The number of hydrogen-bond donors (Lipinski definition) is 1. The number of methoxy groups -OCH3 is 1. The van der Waals surface area contributed by atoms with Gasteiger partial charge in [0.15, 0.2) is 6.10 Å². The number of nitrogens with one attached hydrogen (secondary N) is 1. The van der Waals surface area contributed by atoms with Gasteiger partial charge in [0, 0.05) is 25.3 Å². The molecule has 0 saturated carbocycles. The molecule has 1 unspecified atom stereocenters. The fourth-order valence-corrected chi connectivity index (χ4v) is 3.75. The second-order valence-corrected chi connectivity index (χ2v) is 8.64. The number of phosphoric acid groups is 1. The lowest BCUT2D eigenvalue weighted by molar-refractivity contribution is -0.156. The van der Waals surface area contributed by atoms with Crippen LogP contribution in [0.5, 0.6) is 0 Å². The van der Waals surface area contributed by atoms with E-state index in [0.717, 1.165) is 0 Å². The van der Waals surface area contributed by atoms with Gasteiger partial charge in [-0.2, -0.15) is 0 Å². The lowest BCUT2D eigenvalue weighted by Crippen LogP contribution is -2.50. The van der Waals surface area contributed by atoms with Gasteiger partial charge in [-0.1, -0.05) is 13.8 Å². The molecule has 172 valence electrons. The molecule has 0 bridgehead atoms. The molecule has 1 rings (SSSR count). The first-order chi connectivity index (χ1) is 14.0. The molecule has 2 atom stereocenters. The van der Waals surface area contributed by atoms with Gasteiger partial charge < -0.3 is 19.5 Å². The van der Waals surface area contributed by atoms with Gasteiger partial charge in [0.2, 0.25) is 12.7 Å². The van der Waals surface area contributed by atoms with E-state index in [1.165, 1.54) is 14.0 Å². The van der Waals surface area contributed by atoms with Gasteiger partial charge in [-0.25, -0.2) is 9.09 Å². The summed E-state index contributed by atoms with van der Waals surface area (Å²) in [7, 11) is -2.93. The van der Waals surface area contributed by atoms with Crippen LogP contribution in [0.2, 0.25) is 0 Å². The summed E-state index contributed by atoms with van der Waals surface area (Å²) in [4.78, 5) is 45.8. The van der Waals surface area contributed by atoms with Crippen molar-refractivity contribution >= 4 is 31.6 Å². The van der Waals surface area contributed by atoms with Crippen molar-refractivity contribution < 1.29 is 51.5 Å². The van der Waals surface area contributed by atoms with E-state index in [1.54, 1.807) is 13.8 Å². The van der Waals surface area contributed by atoms with Crippen LogP contribution in [0.1, 0.15) is 40.0 Å². The first-order valence-electron chi connectivity index (χ1n) is 9.20. The van der Waals surface area contributed by atoms with E-state index in [9.17, 15) is 23.7 Å². The summed E-state index contributed by atoms with van der Waals surface area (Å²) in [6.45, 7) is 3.85. The van der Waals surface area contributed by atoms with Crippen molar-refractivity contribution in [1.29, 1.82) is 0 Å². The van der Waals surface area contributed by atoms with E-state index in [1.807, 2.05) is 0 Å². The third-order valence-corrected chi connectivity index (χ3v) is 5.23. The average Bonchev–Trinajstić information content (AvgIpc) is 2.67. The molecule has 12 nitrogen and oxygen atoms in total. The van der Waals surface area contributed by atoms with E-state index < -0.39 is 49.9 Å². The molecule has 0 aromatic rings. The van der Waals surface area contributed by atoms with Crippen molar-refractivity contribution in [2.24, 2.45) is 5.41 Å². The average molecular weight is 453 g/mol. The van der Waals surface area contributed by atoms with Gasteiger partial charge in [-0.3, -0.25) is 28.2 Å². The maximum absolute atomic E-state index is 12.6. The third-order valence-electron chi connectivity index (χ3n) is 3.89. The number of carbonyl (C=O) groups is 4. The number of amides is 1. The van der Waals surface area contributed by atoms with E-state index in [-0.39, 0.29) is 39.0 Å². The van der Waals surface area contributed by atoms with Crippen LogP contribution in [-0.4, -0.2) is 63.6 Å². The molecular weight excluding hydrogens is 425 g/mol. The van der Waals surface area contributed by atoms with Gasteiger partial charge in [0.1, 0.15) is 0 Å². The number of phosphoric ester groups is 1. The summed E-state index contributed by atoms with van der Waals surface area (Å²) in [5.74, 6) is -2.21. The highest BCUT2D eigenvalue weighted by molar-refractivity contribution is 7.48. The Balaban J connectivity index is 2.48. The molecule has 13 heteroatoms. The van der Waals surface area contributed by atoms with Gasteiger partial charge in [-0.05, 0) is 6.42 Å². The molecule has 30 heavy (non-hydrogen) atoms. The van der Waals surface area contributed by atoms with Gasteiger partial charge >= 0.3 is 25.7 Å². The van der Waals surface area contributed by atoms with Crippen LogP contribution in [-0.2, 0) is 51.5 Å². The second-order valence-electron chi connectivity index (χ2n) is 7.02. The first kappa shape index (κ1) is 26.0. The smallest absolute Gasteiger partial charge is 0.469 e. The normalized spacial score (nSPS) is 22.6. The van der Waals surface area contributed by atoms with Crippen LogP contribution in [0, 0.1) is 5.41 Å². The Morgan fingerprint density at radius 2 is 1.83 bits per heavy atom. The Morgan fingerprint density at radius 3 is 2.47 bits per heavy atom. The zero-order valence-electron chi connectivity index (χ0n) is 17.5. The fourth-order valence-electron chi connectivity index (χ4n) is 2.24. The van der Waals surface area contributed by atoms with Gasteiger partial charge in [-0.15, -0.1) is 0 Å². The van der Waals surface area contributed by atoms with Crippen molar-refractivity contribution in [3.8, 4) is 0 Å². The number of esters is 3. The standard InChI is InChI=1S/C17H28NO11P/c1-12(19)25-9-5-6-14(21)26-11-28-30(23)27-10-17(2,3)15(29-30)16(22)18-8-7-13(20)24-4/h15H,5-11H2,1-4H3,(H,18,22)/t15-,30?/m0/s1. The van der Waals surface area contributed by atoms with Crippen LogP contribution in [0.15, 0.2) is 0 Å². The molecule has 1 fully saturated rings. The topological polar surface area (TPSA) is 153 Å². The van der Waals surface area contributed by atoms with Gasteiger partial charge in [0.25, 0.3) is 0 Å². The molecule has 0 radical (unpaired) electrons. The number of carbonyl (C=O) groups excluding carboxylic acids is 4. The highest BCUT2D eigenvalue weighted by Crippen LogP contribution is 2.57. The second kappa shape index (κ2) is 12.0. The summed E-state index contributed by atoms with van der Waals surface area (Å²) in [5.41, 5.74) is -0.833. The molecule has 1 saturated heterocycles. The summed E-state index contributed by atoms with van der Waals surface area (Å²) >= 11 is 0. The Labute approximate surface area is 174 Å². The molecule has 0 aromatic heterocycles. The Kier molecular flexibility index (Phi) is 10.4. The highest BCUT2D eigenvalue weighted by Gasteiger charge is 2.49. The van der Waals surface area contributed by atoms with E-state index in [0.29, 0.717) is 0 Å². The molecule has 1 aliphatic rings. The van der Waals surface area contributed by atoms with Crippen molar-refractivity contribution in [1.82, 2.24) is 5.32 Å². The lowest BCUT2D eigenvalue weighted by Gasteiger charge is -2.39. The number of hydrogen-bond acceptors (Lipinski definition) is 11. The van der Waals surface area contributed by atoms with E-state index in [2.05, 4.69) is 14.8 Å². The Hall–Kier alpha value is -2.01. The van der Waals surface area contributed by atoms with Crippen LogP contribution in [0.3, 0.4) is 0 Å². The quantitative estimate of drug-likeness (QED) is 0.157. The van der Waals surface area contributed by atoms with Crippen LogP contribution < -0.4 is 5.32 Å². The first-order valence-corrected chi connectivity index (χ1v) is 10.7. The molecule has 1 N–H and O–H groups in total. The molecule has 0 aliphatic carbocycles. The fraction of sp³-hybridized carbons (Fsp3) is 0.765. The number of ether oxygens (including phenoxy) is 3. The molecule has 0 spiro atoms. The van der Waals surface area contributed by atoms with Crippen LogP contribution in [0.4, 0.5) is 0 Å². The minimum Gasteiger partial charge on any atom is -0.469 e. The predicted octanol–water partition coefficient (Wildman–Crippen LogP) is 1.08. The molecule has 1 amide bonds. The van der Waals surface area contributed by atoms with Gasteiger partial charge in [0.05, 0.1) is 26.7 Å². The third kappa shape index (κ3) is 9.21. The maximum atomic E-state index is 12.6. The largest absolute Gasteiger partial charge is 0.478 e. The van der Waals surface area contributed by atoms with Crippen LogP contribution >= 0.6 is 7.82 Å². The molecule has 0 aromatic carbocycles. The summed E-state index contributed by atoms with van der Waals surface area (Å²) in [5, 5.41) is 2.50. The molecule has 1 aliphatic heterocycles. The summed E-state index contributed by atoms with van der Waals surface area (Å²) in [6, 6.07) is 0. The minimum atomic E-state index is -4.16. The minimum absolute atomic E-state index is 0.0123. The van der Waals surface area contributed by atoms with E-state index >= 15 is 0 Å². The predicted molar refractivity (Wildman–Crippen MR) is 99.8 cm³/mol. The Bertz CT molecular complexity index is 679. The molecule has 1 heterocycles. The van der Waals surface area contributed by atoms with Crippen molar-refractivity contribution in [3.63, 3.8) is 0 Å². The zero-order chi connectivity index (χ0) is 22.8. The highest BCUT2D eigenvalue weighted by atomic mass is 31.2. The van der Waals surface area contributed by atoms with Crippen LogP contribution in [0.25, 0.3) is 0 Å². The summed E-state index contributed by atoms with van der Waals surface area (Å²) in [6.07, 6.45) is -1.01. The van der Waals surface area contributed by atoms with E-state index in [4.69, 9.17) is 18.3 Å². The maximum Gasteiger partial charge on any atom is 0.478 e.